The minimum atomic E-state index is -0.763. The second kappa shape index (κ2) is 6.57. The first-order valence-electron chi connectivity index (χ1n) is 7.77. The molecule has 2 rings (SSSR count). The number of carbonyl (C=O) groups excluding carboxylic acids is 2. The first-order chi connectivity index (χ1) is 9.55. The van der Waals surface area contributed by atoms with Crippen molar-refractivity contribution < 1.29 is 14.3 Å². The normalized spacial score (nSPS) is 28.6. The largest absolute Gasteiger partial charge is 0.376 e. The molecule has 1 atom stereocenters. The van der Waals surface area contributed by atoms with Crippen LogP contribution in [0.15, 0.2) is 0 Å². The molecule has 1 saturated carbocycles. The van der Waals surface area contributed by atoms with E-state index in [0.717, 1.165) is 12.8 Å². The molecule has 1 unspecified atom stereocenters. The van der Waals surface area contributed by atoms with Gasteiger partial charge in [0.15, 0.2) is 0 Å². The Bertz CT molecular complexity index is 366. The van der Waals surface area contributed by atoms with Crippen LogP contribution < -0.4 is 5.32 Å². The highest BCUT2D eigenvalue weighted by Crippen LogP contribution is 2.21. The zero-order valence-electron chi connectivity index (χ0n) is 12.6. The van der Waals surface area contributed by atoms with Gasteiger partial charge >= 0.3 is 0 Å². The van der Waals surface area contributed by atoms with E-state index in [1.54, 1.807) is 4.90 Å². The molecule has 20 heavy (non-hydrogen) atoms. The lowest BCUT2D eigenvalue weighted by molar-refractivity contribution is -0.139. The molecule has 114 valence electrons. The fourth-order valence-electron chi connectivity index (χ4n) is 2.95. The Balaban J connectivity index is 1.88. The Hall–Kier alpha value is -1.10. The molecule has 0 aromatic heterocycles. The van der Waals surface area contributed by atoms with Crippen LogP contribution in [-0.2, 0) is 14.3 Å². The van der Waals surface area contributed by atoms with Crippen molar-refractivity contribution in [2.75, 3.05) is 19.7 Å². The summed E-state index contributed by atoms with van der Waals surface area (Å²) in [5, 5.41) is 2.85. The molecule has 1 heterocycles. The summed E-state index contributed by atoms with van der Waals surface area (Å²) in [6, 6.07) is 0. The van der Waals surface area contributed by atoms with Crippen molar-refractivity contribution in [3.05, 3.63) is 0 Å². The lowest BCUT2D eigenvalue weighted by Crippen LogP contribution is -2.55. The molecule has 2 aliphatic rings. The van der Waals surface area contributed by atoms with Crippen molar-refractivity contribution in [1.29, 1.82) is 0 Å². The van der Waals surface area contributed by atoms with E-state index in [1.165, 1.54) is 12.8 Å². The van der Waals surface area contributed by atoms with Crippen molar-refractivity contribution in [3.63, 3.8) is 0 Å². The van der Waals surface area contributed by atoms with Crippen LogP contribution in [0, 0.1) is 0 Å². The molecule has 5 nitrogen and oxygen atoms in total. The van der Waals surface area contributed by atoms with Gasteiger partial charge in [0, 0.05) is 19.5 Å². The predicted molar refractivity (Wildman–Crippen MR) is 76.2 cm³/mol. The predicted octanol–water partition coefficient (Wildman–Crippen LogP) is 1.46. The SMILES string of the molecule is CCC1(C)NC(=O)CCN(CCOC2CCCC2)C1=O. The lowest BCUT2D eigenvalue weighted by atomic mass is 9.97. The second-order valence-corrected chi connectivity index (χ2v) is 6.05. The van der Waals surface area contributed by atoms with Gasteiger partial charge in [-0.2, -0.15) is 0 Å². The molecular formula is C15H26N2O3. The number of amides is 2. The van der Waals surface area contributed by atoms with Gasteiger partial charge in [0.1, 0.15) is 5.54 Å². The van der Waals surface area contributed by atoms with Crippen molar-refractivity contribution in [2.24, 2.45) is 0 Å². The van der Waals surface area contributed by atoms with Gasteiger partial charge in [-0.25, -0.2) is 0 Å². The van der Waals surface area contributed by atoms with E-state index in [9.17, 15) is 9.59 Å². The third-order valence-electron chi connectivity index (χ3n) is 4.51. The third kappa shape index (κ3) is 3.51. The maximum absolute atomic E-state index is 12.5. The van der Waals surface area contributed by atoms with Crippen molar-refractivity contribution in [2.45, 2.75) is 64.0 Å². The van der Waals surface area contributed by atoms with Gasteiger partial charge in [-0.15, -0.1) is 0 Å². The third-order valence-corrected chi connectivity index (χ3v) is 4.51. The smallest absolute Gasteiger partial charge is 0.248 e. The highest BCUT2D eigenvalue weighted by molar-refractivity contribution is 5.93. The van der Waals surface area contributed by atoms with Crippen LogP contribution >= 0.6 is 0 Å². The number of nitrogens with one attached hydrogen (secondary N) is 1. The van der Waals surface area contributed by atoms with Crippen LogP contribution in [0.2, 0.25) is 0 Å². The second-order valence-electron chi connectivity index (χ2n) is 6.05. The minimum absolute atomic E-state index is 0.0147. The standard InChI is InChI=1S/C15H26N2O3/c1-3-15(2)14(19)17(9-8-13(18)16-15)10-11-20-12-6-4-5-7-12/h12H,3-11H2,1-2H3,(H,16,18). The number of ether oxygens (including phenoxy) is 1. The summed E-state index contributed by atoms with van der Waals surface area (Å²) in [5.74, 6) is -0.0252. The molecule has 0 aromatic rings. The maximum atomic E-state index is 12.5. The molecule has 0 spiro atoms. The van der Waals surface area contributed by atoms with E-state index in [0.29, 0.717) is 38.6 Å². The van der Waals surface area contributed by atoms with E-state index >= 15 is 0 Å². The average Bonchev–Trinajstić information content (AvgIpc) is 2.91. The number of hydrogen-bond donors (Lipinski definition) is 1. The lowest BCUT2D eigenvalue weighted by Gasteiger charge is -2.31. The van der Waals surface area contributed by atoms with E-state index in [-0.39, 0.29) is 11.8 Å². The Labute approximate surface area is 121 Å². The van der Waals surface area contributed by atoms with Crippen molar-refractivity contribution in [3.8, 4) is 0 Å². The first kappa shape index (κ1) is 15.3. The monoisotopic (exact) mass is 282 g/mol. The number of rotatable bonds is 5. The van der Waals surface area contributed by atoms with Crippen LogP contribution in [0.4, 0.5) is 0 Å². The Morgan fingerprint density at radius 1 is 1.35 bits per heavy atom. The molecule has 5 heteroatoms. The summed E-state index contributed by atoms with van der Waals surface area (Å²) in [4.78, 5) is 26.0. The highest BCUT2D eigenvalue weighted by atomic mass is 16.5. The quantitative estimate of drug-likeness (QED) is 0.830. The van der Waals surface area contributed by atoms with Gasteiger partial charge in [0.05, 0.1) is 12.7 Å². The average molecular weight is 282 g/mol. The van der Waals surface area contributed by atoms with E-state index in [1.807, 2.05) is 13.8 Å². The molecule has 1 aliphatic heterocycles. The molecule has 0 radical (unpaired) electrons. The van der Waals surface area contributed by atoms with E-state index in [4.69, 9.17) is 4.74 Å². The van der Waals surface area contributed by atoms with Crippen molar-refractivity contribution >= 4 is 11.8 Å². The summed E-state index contributed by atoms with van der Waals surface area (Å²) in [7, 11) is 0. The molecule has 2 amide bonds. The van der Waals surface area contributed by atoms with Gasteiger partial charge < -0.3 is 15.0 Å². The van der Waals surface area contributed by atoms with Crippen LogP contribution in [0.25, 0.3) is 0 Å². The maximum Gasteiger partial charge on any atom is 0.248 e. The van der Waals surface area contributed by atoms with Gasteiger partial charge in [-0.1, -0.05) is 19.8 Å². The number of nitrogens with zero attached hydrogens (tertiary/aromatic N) is 1. The highest BCUT2D eigenvalue weighted by Gasteiger charge is 2.38. The van der Waals surface area contributed by atoms with Crippen LogP contribution in [0.3, 0.4) is 0 Å². The topological polar surface area (TPSA) is 58.6 Å². The van der Waals surface area contributed by atoms with Crippen molar-refractivity contribution in [1.82, 2.24) is 10.2 Å². The first-order valence-corrected chi connectivity index (χ1v) is 7.77. The van der Waals surface area contributed by atoms with Crippen LogP contribution in [0.5, 0.6) is 0 Å². The molecule has 0 aromatic carbocycles. The van der Waals surface area contributed by atoms with Gasteiger partial charge in [-0.3, -0.25) is 9.59 Å². The fourth-order valence-corrected chi connectivity index (χ4v) is 2.95. The zero-order chi connectivity index (χ0) is 14.6. The van der Waals surface area contributed by atoms with Crippen LogP contribution in [0.1, 0.15) is 52.4 Å². The fraction of sp³-hybridized carbons (Fsp3) is 0.867. The molecular weight excluding hydrogens is 256 g/mol. The molecule has 1 aliphatic carbocycles. The molecule has 1 saturated heterocycles. The van der Waals surface area contributed by atoms with Gasteiger partial charge in [-0.05, 0) is 26.2 Å². The minimum Gasteiger partial charge on any atom is -0.376 e. The van der Waals surface area contributed by atoms with E-state index < -0.39 is 5.54 Å². The Morgan fingerprint density at radius 3 is 2.70 bits per heavy atom. The number of carbonyl (C=O) groups is 2. The summed E-state index contributed by atoms with van der Waals surface area (Å²) in [5.41, 5.74) is -0.763. The molecule has 2 fully saturated rings. The molecule has 1 N–H and O–H groups in total. The Morgan fingerprint density at radius 2 is 2.05 bits per heavy atom. The molecule has 0 bridgehead atoms. The van der Waals surface area contributed by atoms with Gasteiger partial charge in [0.25, 0.3) is 0 Å². The summed E-state index contributed by atoms with van der Waals surface area (Å²) in [6.45, 7) is 5.39. The van der Waals surface area contributed by atoms with Crippen LogP contribution in [-0.4, -0.2) is 48.1 Å². The zero-order valence-corrected chi connectivity index (χ0v) is 12.6. The number of hydrogen-bond acceptors (Lipinski definition) is 3. The van der Waals surface area contributed by atoms with E-state index in [2.05, 4.69) is 5.32 Å². The Kier molecular flexibility index (Phi) is 5.02. The van der Waals surface area contributed by atoms with Gasteiger partial charge in [0.2, 0.25) is 11.8 Å². The summed E-state index contributed by atoms with van der Waals surface area (Å²) < 4.78 is 5.82. The summed E-state index contributed by atoms with van der Waals surface area (Å²) >= 11 is 0. The summed E-state index contributed by atoms with van der Waals surface area (Å²) in [6.07, 6.45) is 6.14.